The Kier molecular flexibility index (Phi) is 4.22. The van der Waals surface area contributed by atoms with E-state index in [1.54, 1.807) is 0 Å². The quantitative estimate of drug-likeness (QED) is 0.750. The zero-order valence-corrected chi connectivity index (χ0v) is 12.3. The van der Waals surface area contributed by atoms with Crippen LogP contribution in [0.25, 0.3) is 0 Å². The molecular formula is C16H27NO2. The lowest BCUT2D eigenvalue weighted by Gasteiger charge is -2.51. The predicted octanol–water partition coefficient (Wildman–Crippen LogP) is 4.43. The maximum atomic E-state index is 11.8. The topological polar surface area (TPSA) is 40.5 Å². The second-order valence-electron chi connectivity index (χ2n) is 6.66. The number of rotatable bonds is 2. The summed E-state index contributed by atoms with van der Waals surface area (Å²) >= 11 is 0. The highest BCUT2D eigenvalue weighted by atomic mass is 16.4. The van der Waals surface area contributed by atoms with Crippen molar-refractivity contribution in [2.75, 3.05) is 0 Å². The summed E-state index contributed by atoms with van der Waals surface area (Å²) in [6.07, 6.45) is 7.81. The third kappa shape index (κ3) is 2.80. The molecule has 0 spiro atoms. The first-order valence-corrected chi connectivity index (χ1v) is 7.64. The van der Waals surface area contributed by atoms with Gasteiger partial charge in [-0.15, -0.1) is 0 Å². The van der Waals surface area contributed by atoms with Gasteiger partial charge in [0, 0.05) is 11.6 Å². The van der Waals surface area contributed by atoms with Gasteiger partial charge in [-0.2, -0.15) is 0 Å². The fourth-order valence-corrected chi connectivity index (χ4v) is 3.92. The first-order valence-electron chi connectivity index (χ1n) is 7.64. The van der Waals surface area contributed by atoms with E-state index in [1.807, 2.05) is 4.90 Å². The molecule has 2 rings (SSSR count). The van der Waals surface area contributed by atoms with Crippen LogP contribution in [0.1, 0.15) is 65.2 Å². The van der Waals surface area contributed by atoms with E-state index in [0.29, 0.717) is 5.92 Å². The lowest BCUT2D eigenvalue weighted by atomic mass is 9.71. The van der Waals surface area contributed by atoms with E-state index in [9.17, 15) is 9.90 Å². The van der Waals surface area contributed by atoms with Crippen LogP contribution in [0, 0.1) is 5.92 Å². The van der Waals surface area contributed by atoms with E-state index < -0.39 is 6.09 Å². The zero-order chi connectivity index (χ0) is 14.0. The Morgan fingerprint density at radius 2 is 2.00 bits per heavy atom. The minimum Gasteiger partial charge on any atom is -0.465 e. The number of amides is 1. The molecule has 3 nitrogen and oxygen atoms in total. The van der Waals surface area contributed by atoms with Crippen molar-refractivity contribution in [3.05, 3.63) is 12.2 Å². The van der Waals surface area contributed by atoms with Crippen LogP contribution in [0.5, 0.6) is 0 Å². The second kappa shape index (κ2) is 5.56. The van der Waals surface area contributed by atoms with Crippen LogP contribution in [0.3, 0.4) is 0 Å². The van der Waals surface area contributed by atoms with Gasteiger partial charge in [-0.25, -0.2) is 4.79 Å². The van der Waals surface area contributed by atoms with Gasteiger partial charge in [-0.3, -0.25) is 4.90 Å². The Balaban J connectivity index is 2.21. The highest BCUT2D eigenvalue weighted by Crippen LogP contribution is 2.42. The molecule has 0 aliphatic heterocycles. The van der Waals surface area contributed by atoms with Crippen molar-refractivity contribution in [2.45, 2.75) is 76.8 Å². The Bertz CT molecular complexity index is 360. The lowest BCUT2D eigenvalue weighted by Crippen LogP contribution is -2.59. The summed E-state index contributed by atoms with van der Waals surface area (Å²) in [7, 11) is 0. The summed E-state index contributed by atoms with van der Waals surface area (Å²) in [4.78, 5) is 13.6. The average molecular weight is 265 g/mol. The lowest BCUT2D eigenvalue weighted by molar-refractivity contribution is -0.000864. The van der Waals surface area contributed by atoms with Crippen LogP contribution in [0.4, 0.5) is 4.79 Å². The maximum absolute atomic E-state index is 11.8. The van der Waals surface area contributed by atoms with Crippen molar-refractivity contribution >= 4 is 6.09 Å². The standard InChI is InChI=1S/C16H27NO2/c1-12-9-10-16(3,13(2)11-12)17(15(18)19)14-7-5-4-6-8-14/h13-14H,1,4-11H2,2-3H3,(H,18,19). The smallest absolute Gasteiger partial charge is 0.408 e. The van der Waals surface area contributed by atoms with E-state index in [4.69, 9.17) is 0 Å². The Morgan fingerprint density at radius 3 is 2.53 bits per heavy atom. The van der Waals surface area contributed by atoms with Gasteiger partial charge in [-0.1, -0.05) is 38.3 Å². The molecule has 0 radical (unpaired) electrons. The van der Waals surface area contributed by atoms with Crippen molar-refractivity contribution < 1.29 is 9.90 Å². The first-order chi connectivity index (χ1) is 8.95. The van der Waals surface area contributed by atoms with Crippen LogP contribution < -0.4 is 0 Å². The number of carbonyl (C=O) groups is 1. The molecule has 1 amide bonds. The van der Waals surface area contributed by atoms with E-state index >= 15 is 0 Å². The van der Waals surface area contributed by atoms with Crippen LogP contribution in [0.15, 0.2) is 12.2 Å². The van der Waals surface area contributed by atoms with E-state index in [0.717, 1.165) is 32.1 Å². The van der Waals surface area contributed by atoms with Gasteiger partial charge < -0.3 is 5.11 Å². The van der Waals surface area contributed by atoms with Crippen LogP contribution >= 0.6 is 0 Å². The molecule has 108 valence electrons. The van der Waals surface area contributed by atoms with E-state index in [1.165, 1.54) is 24.8 Å². The van der Waals surface area contributed by atoms with Crippen LogP contribution in [-0.4, -0.2) is 27.7 Å². The largest absolute Gasteiger partial charge is 0.465 e. The minimum absolute atomic E-state index is 0.213. The number of allylic oxidation sites excluding steroid dienone is 1. The number of nitrogens with zero attached hydrogens (tertiary/aromatic N) is 1. The number of hydrogen-bond acceptors (Lipinski definition) is 1. The summed E-state index contributed by atoms with van der Waals surface area (Å²) in [5, 5.41) is 9.73. The van der Waals surface area contributed by atoms with E-state index in [-0.39, 0.29) is 11.6 Å². The van der Waals surface area contributed by atoms with E-state index in [2.05, 4.69) is 20.4 Å². The predicted molar refractivity (Wildman–Crippen MR) is 77.3 cm³/mol. The molecule has 0 saturated heterocycles. The fraction of sp³-hybridized carbons (Fsp3) is 0.812. The molecule has 0 aromatic carbocycles. The molecule has 19 heavy (non-hydrogen) atoms. The van der Waals surface area contributed by atoms with Crippen LogP contribution in [-0.2, 0) is 0 Å². The molecular weight excluding hydrogens is 238 g/mol. The summed E-state index contributed by atoms with van der Waals surface area (Å²) in [6, 6.07) is 0.227. The number of hydrogen-bond donors (Lipinski definition) is 1. The molecule has 2 saturated carbocycles. The molecule has 0 aromatic heterocycles. The molecule has 3 heteroatoms. The van der Waals surface area contributed by atoms with Gasteiger partial charge in [-0.05, 0) is 44.9 Å². The Labute approximate surface area is 116 Å². The fourth-order valence-electron chi connectivity index (χ4n) is 3.92. The summed E-state index contributed by atoms with van der Waals surface area (Å²) in [5.41, 5.74) is 1.06. The molecule has 2 aliphatic rings. The summed E-state index contributed by atoms with van der Waals surface area (Å²) in [5.74, 6) is 0.367. The average Bonchev–Trinajstić information content (AvgIpc) is 2.36. The SMILES string of the molecule is C=C1CCC(C)(N(C(=O)O)C2CCCCC2)C(C)C1. The number of carboxylic acid groups (broad SMARTS) is 1. The molecule has 0 heterocycles. The highest BCUT2D eigenvalue weighted by molar-refractivity contribution is 5.67. The molecule has 2 aliphatic carbocycles. The first kappa shape index (κ1) is 14.4. The van der Waals surface area contributed by atoms with Crippen molar-refractivity contribution in [3.63, 3.8) is 0 Å². The van der Waals surface area contributed by atoms with Crippen molar-refractivity contribution in [2.24, 2.45) is 5.92 Å². The van der Waals surface area contributed by atoms with Gasteiger partial charge in [0.1, 0.15) is 0 Å². The zero-order valence-electron chi connectivity index (χ0n) is 12.3. The molecule has 2 unspecified atom stereocenters. The second-order valence-corrected chi connectivity index (χ2v) is 6.66. The summed E-state index contributed by atoms with van der Waals surface area (Å²) in [6.45, 7) is 8.41. The van der Waals surface area contributed by atoms with Gasteiger partial charge in [0.05, 0.1) is 0 Å². The highest BCUT2D eigenvalue weighted by Gasteiger charge is 2.45. The molecule has 0 aromatic rings. The molecule has 1 N–H and O–H groups in total. The minimum atomic E-state index is -0.728. The maximum Gasteiger partial charge on any atom is 0.408 e. The van der Waals surface area contributed by atoms with Crippen molar-refractivity contribution in [1.29, 1.82) is 0 Å². The third-order valence-electron chi connectivity index (χ3n) is 5.34. The summed E-state index contributed by atoms with van der Waals surface area (Å²) < 4.78 is 0. The van der Waals surface area contributed by atoms with Crippen molar-refractivity contribution in [1.82, 2.24) is 4.90 Å². The van der Waals surface area contributed by atoms with Gasteiger partial charge in [0.25, 0.3) is 0 Å². The van der Waals surface area contributed by atoms with Gasteiger partial charge in [0.15, 0.2) is 0 Å². The molecule has 2 atom stereocenters. The van der Waals surface area contributed by atoms with Gasteiger partial charge >= 0.3 is 6.09 Å². The normalized spacial score (nSPS) is 33.2. The Hall–Kier alpha value is -0.990. The molecule has 0 bridgehead atoms. The monoisotopic (exact) mass is 265 g/mol. The Morgan fingerprint density at radius 1 is 1.37 bits per heavy atom. The molecule has 2 fully saturated rings. The van der Waals surface area contributed by atoms with Crippen molar-refractivity contribution in [3.8, 4) is 0 Å². The van der Waals surface area contributed by atoms with Gasteiger partial charge in [0.2, 0.25) is 0 Å². The third-order valence-corrected chi connectivity index (χ3v) is 5.34. The van der Waals surface area contributed by atoms with Crippen LogP contribution in [0.2, 0.25) is 0 Å².